The van der Waals surface area contributed by atoms with Crippen LogP contribution < -0.4 is 5.32 Å². The highest BCUT2D eigenvalue weighted by atomic mass is 35.5. The predicted molar refractivity (Wildman–Crippen MR) is 113 cm³/mol. The van der Waals surface area contributed by atoms with Crippen molar-refractivity contribution in [2.75, 3.05) is 12.4 Å². The molecular weight excluding hydrogens is 419 g/mol. The number of rotatable bonds is 5. The molecule has 0 atom stereocenters. The van der Waals surface area contributed by atoms with Crippen LogP contribution in [0.3, 0.4) is 0 Å². The van der Waals surface area contributed by atoms with E-state index in [1.54, 1.807) is 24.3 Å². The van der Waals surface area contributed by atoms with Crippen LogP contribution in [0.4, 0.5) is 9.52 Å². The van der Waals surface area contributed by atoms with Gasteiger partial charge >= 0.3 is 0 Å². The molecule has 0 spiro atoms. The molecule has 0 saturated heterocycles. The first kappa shape index (κ1) is 19.0. The fraction of sp³-hybridized carbons (Fsp3) is 0.100. The second kappa shape index (κ2) is 7.97. The van der Waals surface area contributed by atoms with Crippen molar-refractivity contribution in [2.24, 2.45) is 0 Å². The average Bonchev–Trinajstić information content (AvgIpc) is 3.28. The SMILES string of the molecule is COCc1c(C(=O)Nc2nc(-c3ccc(Cl)cc3)cs2)sc2cccc(F)c12. The molecule has 1 N–H and O–H groups in total. The molecular formula is C20H14ClFN2O2S2. The average molecular weight is 433 g/mol. The van der Waals surface area contributed by atoms with Gasteiger partial charge in [-0.3, -0.25) is 10.1 Å². The number of fused-ring (bicyclic) bond motifs is 1. The molecule has 1 amide bonds. The van der Waals surface area contributed by atoms with Crippen molar-refractivity contribution in [1.82, 2.24) is 4.98 Å². The Balaban J connectivity index is 1.63. The maximum absolute atomic E-state index is 14.3. The lowest BCUT2D eigenvalue weighted by Crippen LogP contribution is -2.12. The number of methoxy groups -OCH3 is 1. The fourth-order valence-electron chi connectivity index (χ4n) is 2.87. The Labute approximate surface area is 173 Å². The van der Waals surface area contributed by atoms with Crippen LogP contribution in [0.1, 0.15) is 15.2 Å². The number of halogens is 2. The molecule has 2 aromatic heterocycles. The van der Waals surface area contributed by atoms with Crippen LogP contribution in [-0.2, 0) is 11.3 Å². The molecule has 0 unspecified atom stereocenters. The second-order valence-electron chi connectivity index (χ2n) is 5.95. The van der Waals surface area contributed by atoms with E-state index in [1.165, 1.54) is 35.8 Å². The summed E-state index contributed by atoms with van der Waals surface area (Å²) in [7, 11) is 1.52. The Bertz CT molecular complexity index is 1150. The third kappa shape index (κ3) is 3.66. The molecule has 28 heavy (non-hydrogen) atoms. The van der Waals surface area contributed by atoms with E-state index in [0.29, 0.717) is 30.7 Å². The van der Waals surface area contributed by atoms with E-state index in [9.17, 15) is 9.18 Å². The Morgan fingerprint density at radius 1 is 1.25 bits per heavy atom. The van der Waals surface area contributed by atoms with Gasteiger partial charge in [0.1, 0.15) is 5.82 Å². The molecule has 2 heterocycles. The van der Waals surface area contributed by atoms with Crippen molar-refractivity contribution in [3.05, 3.63) is 69.1 Å². The number of nitrogens with one attached hydrogen (secondary N) is 1. The molecule has 4 aromatic rings. The maximum Gasteiger partial charge on any atom is 0.267 e. The number of carbonyl (C=O) groups excluding carboxylic acids is 1. The van der Waals surface area contributed by atoms with Crippen LogP contribution in [0.2, 0.25) is 5.02 Å². The number of amides is 1. The normalized spacial score (nSPS) is 11.1. The number of nitrogens with zero attached hydrogens (tertiary/aromatic N) is 1. The van der Waals surface area contributed by atoms with Gasteiger partial charge in [-0.15, -0.1) is 22.7 Å². The summed E-state index contributed by atoms with van der Waals surface area (Å²) >= 11 is 8.48. The van der Waals surface area contributed by atoms with Gasteiger partial charge in [0.15, 0.2) is 5.13 Å². The largest absolute Gasteiger partial charge is 0.380 e. The summed E-state index contributed by atoms with van der Waals surface area (Å²) in [5, 5.41) is 6.22. The smallest absolute Gasteiger partial charge is 0.267 e. The molecule has 8 heteroatoms. The van der Waals surface area contributed by atoms with Crippen molar-refractivity contribution in [2.45, 2.75) is 6.61 Å². The minimum Gasteiger partial charge on any atom is -0.380 e. The Morgan fingerprint density at radius 3 is 2.79 bits per heavy atom. The molecule has 0 aliphatic carbocycles. The molecule has 4 nitrogen and oxygen atoms in total. The van der Waals surface area contributed by atoms with Gasteiger partial charge in [-0.05, 0) is 24.3 Å². The summed E-state index contributed by atoms with van der Waals surface area (Å²) in [6, 6.07) is 12.1. The Kier molecular flexibility index (Phi) is 5.41. The molecule has 4 rings (SSSR count). The summed E-state index contributed by atoms with van der Waals surface area (Å²) in [5.74, 6) is -0.691. The lowest BCUT2D eigenvalue weighted by atomic mass is 10.1. The molecule has 2 aromatic carbocycles. The maximum atomic E-state index is 14.3. The molecule has 0 aliphatic heterocycles. The number of anilines is 1. The van der Waals surface area contributed by atoms with Crippen LogP contribution in [0.5, 0.6) is 0 Å². The minimum absolute atomic E-state index is 0.150. The summed E-state index contributed by atoms with van der Waals surface area (Å²) in [6.45, 7) is 0.150. The van der Waals surface area contributed by atoms with Gasteiger partial charge in [0.05, 0.1) is 17.2 Å². The summed E-state index contributed by atoms with van der Waals surface area (Å²) in [6.07, 6.45) is 0. The van der Waals surface area contributed by atoms with E-state index < -0.39 is 0 Å². The standard InChI is InChI=1S/C20H14ClFN2O2S2/c1-26-9-13-17-14(22)3-2-4-16(17)28-18(13)19(25)24-20-23-15(10-27-20)11-5-7-12(21)8-6-11/h2-8,10H,9H2,1H3,(H,23,24,25). The van der Waals surface area contributed by atoms with Crippen molar-refractivity contribution in [3.8, 4) is 11.3 Å². The first-order valence-corrected chi connectivity index (χ1v) is 10.4. The monoisotopic (exact) mass is 432 g/mol. The van der Waals surface area contributed by atoms with Crippen LogP contribution in [0.15, 0.2) is 47.8 Å². The zero-order valence-corrected chi connectivity index (χ0v) is 17.1. The summed E-state index contributed by atoms with van der Waals surface area (Å²) in [5.41, 5.74) is 2.20. The Hall–Kier alpha value is -2.32. The third-order valence-electron chi connectivity index (χ3n) is 4.12. The molecule has 0 bridgehead atoms. The van der Waals surface area contributed by atoms with Crippen LogP contribution in [0, 0.1) is 5.82 Å². The topological polar surface area (TPSA) is 51.2 Å². The number of hydrogen-bond acceptors (Lipinski definition) is 5. The van der Waals surface area contributed by atoms with Gasteiger partial charge in [-0.25, -0.2) is 9.37 Å². The van der Waals surface area contributed by atoms with Crippen LogP contribution >= 0.6 is 34.3 Å². The lowest BCUT2D eigenvalue weighted by Gasteiger charge is -2.04. The van der Waals surface area contributed by atoms with E-state index in [2.05, 4.69) is 10.3 Å². The number of hydrogen-bond donors (Lipinski definition) is 1. The Morgan fingerprint density at radius 2 is 2.04 bits per heavy atom. The molecule has 142 valence electrons. The van der Waals surface area contributed by atoms with Gasteiger partial charge in [-0.2, -0.15) is 0 Å². The van der Waals surface area contributed by atoms with E-state index in [4.69, 9.17) is 16.3 Å². The molecule has 0 radical (unpaired) electrons. The zero-order chi connectivity index (χ0) is 19.7. The third-order valence-corrected chi connectivity index (χ3v) is 6.33. The van der Waals surface area contributed by atoms with E-state index >= 15 is 0 Å². The quantitative estimate of drug-likeness (QED) is 0.407. The van der Waals surface area contributed by atoms with Gasteiger partial charge < -0.3 is 4.74 Å². The van der Waals surface area contributed by atoms with E-state index in [0.717, 1.165) is 11.3 Å². The fourth-order valence-corrected chi connectivity index (χ4v) is 4.83. The van der Waals surface area contributed by atoms with Gasteiger partial charge in [0.25, 0.3) is 5.91 Å². The highest BCUT2D eigenvalue weighted by Crippen LogP contribution is 2.35. The summed E-state index contributed by atoms with van der Waals surface area (Å²) < 4.78 is 20.2. The van der Waals surface area contributed by atoms with Gasteiger partial charge in [0.2, 0.25) is 0 Å². The predicted octanol–water partition coefficient (Wildman–Crippen LogP) is 6.22. The van der Waals surface area contributed by atoms with Crippen molar-refractivity contribution in [1.29, 1.82) is 0 Å². The second-order valence-corrected chi connectivity index (χ2v) is 8.30. The number of aromatic nitrogens is 1. The highest BCUT2D eigenvalue weighted by molar-refractivity contribution is 7.21. The summed E-state index contributed by atoms with van der Waals surface area (Å²) in [4.78, 5) is 17.7. The van der Waals surface area contributed by atoms with Gasteiger partial charge in [-0.1, -0.05) is 29.8 Å². The number of thiazole rings is 1. The van der Waals surface area contributed by atoms with Crippen LogP contribution in [0.25, 0.3) is 21.3 Å². The number of thiophene rings is 1. The first-order chi connectivity index (χ1) is 13.6. The molecule has 0 fully saturated rings. The number of carbonyl (C=O) groups is 1. The lowest BCUT2D eigenvalue weighted by molar-refractivity contribution is 0.102. The van der Waals surface area contributed by atoms with Crippen molar-refractivity contribution < 1.29 is 13.9 Å². The van der Waals surface area contributed by atoms with Crippen molar-refractivity contribution >= 4 is 55.4 Å². The number of benzene rings is 2. The molecule has 0 saturated carbocycles. The minimum atomic E-state index is -0.362. The van der Waals surface area contributed by atoms with E-state index in [-0.39, 0.29) is 18.3 Å². The van der Waals surface area contributed by atoms with Crippen LogP contribution in [-0.4, -0.2) is 18.0 Å². The highest BCUT2D eigenvalue weighted by Gasteiger charge is 2.21. The number of ether oxygens (including phenoxy) is 1. The van der Waals surface area contributed by atoms with Crippen molar-refractivity contribution in [3.63, 3.8) is 0 Å². The van der Waals surface area contributed by atoms with E-state index in [1.807, 2.05) is 17.5 Å². The first-order valence-electron chi connectivity index (χ1n) is 8.28. The zero-order valence-electron chi connectivity index (χ0n) is 14.7. The van der Waals surface area contributed by atoms with Gasteiger partial charge in [0, 0.05) is 38.7 Å². The molecule has 0 aliphatic rings.